The van der Waals surface area contributed by atoms with E-state index < -0.39 is 5.97 Å². The predicted molar refractivity (Wildman–Crippen MR) is 126 cm³/mol. The molecule has 0 aliphatic heterocycles. The Morgan fingerprint density at radius 1 is 0.879 bits per heavy atom. The summed E-state index contributed by atoms with van der Waals surface area (Å²) < 4.78 is 23.1. The highest BCUT2D eigenvalue weighted by atomic mass is 16.5. The van der Waals surface area contributed by atoms with Crippen LogP contribution < -0.4 is 18.9 Å². The monoisotopic (exact) mass is 451 g/mol. The molecule has 0 saturated carbocycles. The molecule has 0 spiro atoms. The van der Waals surface area contributed by atoms with Gasteiger partial charge in [0.1, 0.15) is 23.4 Å². The highest BCUT2D eigenvalue weighted by Gasteiger charge is 2.17. The van der Waals surface area contributed by atoms with Crippen molar-refractivity contribution in [1.29, 1.82) is 0 Å². The van der Waals surface area contributed by atoms with Crippen LogP contribution in [-0.2, 0) is 4.79 Å². The molecule has 3 rings (SSSR count). The second-order valence-electron chi connectivity index (χ2n) is 7.53. The number of carboxylic acids is 1. The highest BCUT2D eigenvalue weighted by Crippen LogP contribution is 2.37. The smallest absolute Gasteiger partial charge is 0.317 e. The van der Waals surface area contributed by atoms with E-state index in [1.807, 2.05) is 54.6 Å². The van der Waals surface area contributed by atoms with Crippen LogP contribution in [0, 0.1) is 0 Å². The van der Waals surface area contributed by atoms with Gasteiger partial charge in [0, 0.05) is 25.1 Å². The van der Waals surface area contributed by atoms with Crippen molar-refractivity contribution in [2.75, 3.05) is 34.4 Å². The Balaban J connectivity index is 1.77. The number of ether oxygens (including phenoxy) is 4. The van der Waals surface area contributed by atoms with Gasteiger partial charge in [-0.05, 0) is 36.9 Å². The topological polar surface area (TPSA) is 77.5 Å². The second kappa shape index (κ2) is 11.8. The number of aliphatic carboxylic acids is 1. The molecule has 7 heteroatoms. The molecule has 0 radical (unpaired) electrons. The van der Waals surface area contributed by atoms with Crippen LogP contribution >= 0.6 is 0 Å². The Morgan fingerprint density at radius 3 is 2.33 bits per heavy atom. The predicted octanol–water partition coefficient (Wildman–Crippen LogP) is 5.02. The summed E-state index contributed by atoms with van der Waals surface area (Å²) in [5.74, 6) is 2.18. The van der Waals surface area contributed by atoms with Crippen LogP contribution in [0.2, 0.25) is 0 Å². The van der Waals surface area contributed by atoms with Crippen LogP contribution in [0.1, 0.15) is 18.1 Å². The molecule has 3 aromatic carbocycles. The number of hydrogen-bond acceptors (Lipinski definition) is 6. The molecule has 1 atom stereocenters. The van der Waals surface area contributed by atoms with E-state index in [0.29, 0.717) is 41.7 Å². The first-order valence-electron chi connectivity index (χ1n) is 10.6. The van der Waals surface area contributed by atoms with E-state index >= 15 is 0 Å². The van der Waals surface area contributed by atoms with Crippen molar-refractivity contribution < 1.29 is 28.8 Å². The Hall–Kier alpha value is -3.71. The Kier molecular flexibility index (Phi) is 8.55. The zero-order valence-electron chi connectivity index (χ0n) is 19.1. The average molecular weight is 452 g/mol. The van der Waals surface area contributed by atoms with Gasteiger partial charge in [-0.15, -0.1) is 0 Å². The highest BCUT2D eigenvalue weighted by molar-refractivity contribution is 5.69. The van der Waals surface area contributed by atoms with Gasteiger partial charge in [-0.25, -0.2) is 0 Å². The van der Waals surface area contributed by atoms with Crippen molar-refractivity contribution in [3.8, 4) is 28.7 Å². The maximum Gasteiger partial charge on any atom is 0.317 e. The van der Waals surface area contributed by atoms with E-state index in [2.05, 4.69) is 0 Å². The lowest BCUT2D eigenvalue weighted by Gasteiger charge is -2.23. The van der Waals surface area contributed by atoms with Gasteiger partial charge in [-0.2, -0.15) is 0 Å². The SMILES string of the molecule is COc1cccc(Oc2ccc(OC(CCN(C)CC(=O)O)c3ccccc3)cc2OC)c1. The summed E-state index contributed by atoms with van der Waals surface area (Å²) >= 11 is 0. The molecule has 0 aliphatic rings. The number of nitrogens with zero attached hydrogens (tertiary/aromatic N) is 1. The first-order chi connectivity index (χ1) is 16.0. The van der Waals surface area contributed by atoms with Gasteiger partial charge in [-0.3, -0.25) is 9.69 Å². The van der Waals surface area contributed by atoms with Gasteiger partial charge in [0.25, 0.3) is 0 Å². The first-order valence-corrected chi connectivity index (χ1v) is 10.6. The van der Waals surface area contributed by atoms with Crippen molar-refractivity contribution in [2.24, 2.45) is 0 Å². The number of likely N-dealkylation sites (N-methyl/N-ethyl adjacent to an activating group) is 1. The number of carbonyl (C=O) groups is 1. The lowest BCUT2D eigenvalue weighted by atomic mass is 10.1. The minimum Gasteiger partial charge on any atom is -0.497 e. The molecule has 0 bridgehead atoms. The Bertz CT molecular complexity index is 1040. The fourth-order valence-corrected chi connectivity index (χ4v) is 3.37. The number of benzene rings is 3. The Labute approximate surface area is 194 Å². The third-order valence-corrected chi connectivity index (χ3v) is 5.03. The molecule has 0 heterocycles. The lowest BCUT2D eigenvalue weighted by molar-refractivity contribution is -0.138. The molecule has 174 valence electrons. The summed E-state index contributed by atoms with van der Waals surface area (Å²) in [6.45, 7) is 0.547. The number of rotatable bonds is 12. The zero-order chi connectivity index (χ0) is 23.6. The first kappa shape index (κ1) is 23.9. The third-order valence-electron chi connectivity index (χ3n) is 5.03. The fraction of sp³-hybridized carbons (Fsp3) is 0.269. The summed E-state index contributed by atoms with van der Waals surface area (Å²) in [6, 6.07) is 22.6. The molecule has 3 aromatic rings. The molecule has 0 aliphatic carbocycles. The van der Waals surface area contributed by atoms with Gasteiger partial charge in [0.2, 0.25) is 0 Å². The van der Waals surface area contributed by atoms with Crippen molar-refractivity contribution in [3.05, 3.63) is 78.4 Å². The van der Waals surface area contributed by atoms with Gasteiger partial charge in [0.15, 0.2) is 11.5 Å². The molecule has 1 N–H and O–H groups in total. The molecule has 0 saturated heterocycles. The fourth-order valence-electron chi connectivity index (χ4n) is 3.37. The summed E-state index contributed by atoms with van der Waals surface area (Å²) in [5.41, 5.74) is 1.01. The van der Waals surface area contributed by atoms with E-state index in [1.54, 1.807) is 44.4 Å². The zero-order valence-corrected chi connectivity index (χ0v) is 19.1. The maximum absolute atomic E-state index is 11.0. The van der Waals surface area contributed by atoms with E-state index in [9.17, 15) is 4.79 Å². The van der Waals surface area contributed by atoms with Crippen molar-refractivity contribution in [1.82, 2.24) is 4.90 Å². The summed E-state index contributed by atoms with van der Waals surface area (Å²) in [6.07, 6.45) is 0.371. The lowest BCUT2D eigenvalue weighted by Crippen LogP contribution is -2.28. The average Bonchev–Trinajstić information content (AvgIpc) is 2.82. The van der Waals surface area contributed by atoms with Crippen molar-refractivity contribution in [3.63, 3.8) is 0 Å². The van der Waals surface area contributed by atoms with Crippen LogP contribution in [0.4, 0.5) is 0 Å². The van der Waals surface area contributed by atoms with E-state index in [0.717, 1.165) is 5.56 Å². The second-order valence-corrected chi connectivity index (χ2v) is 7.53. The quantitative estimate of drug-likeness (QED) is 0.414. The largest absolute Gasteiger partial charge is 0.497 e. The third kappa shape index (κ3) is 7.15. The van der Waals surface area contributed by atoms with Crippen LogP contribution in [-0.4, -0.2) is 50.3 Å². The summed E-state index contributed by atoms with van der Waals surface area (Å²) in [4.78, 5) is 12.7. The number of carboxylic acid groups (broad SMARTS) is 1. The molecular formula is C26H29NO6. The minimum atomic E-state index is -0.856. The minimum absolute atomic E-state index is 0.0222. The molecule has 0 amide bonds. The van der Waals surface area contributed by atoms with Gasteiger partial charge >= 0.3 is 5.97 Å². The maximum atomic E-state index is 11.0. The number of hydrogen-bond donors (Lipinski definition) is 1. The van der Waals surface area contributed by atoms with Gasteiger partial charge < -0.3 is 24.1 Å². The van der Waals surface area contributed by atoms with E-state index in [1.165, 1.54) is 0 Å². The molecule has 0 fully saturated rings. The van der Waals surface area contributed by atoms with Gasteiger partial charge in [-0.1, -0.05) is 36.4 Å². The van der Waals surface area contributed by atoms with Crippen LogP contribution in [0.5, 0.6) is 28.7 Å². The molecule has 1 unspecified atom stereocenters. The van der Waals surface area contributed by atoms with Crippen LogP contribution in [0.15, 0.2) is 72.8 Å². The van der Waals surface area contributed by atoms with E-state index in [-0.39, 0.29) is 12.6 Å². The summed E-state index contributed by atoms with van der Waals surface area (Å²) in [5, 5.41) is 9.01. The normalized spacial score (nSPS) is 11.6. The molecule has 7 nitrogen and oxygen atoms in total. The van der Waals surface area contributed by atoms with E-state index in [4.69, 9.17) is 24.1 Å². The molecular weight excluding hydrogens is 422 g/mol. The number of methoxy groups -OCH3 is 2. The van der Waals surface area contributed by atoms with Crippen molar-refractivity contribution in [2.45, 2.75) is 12.5 Å². The Morgan fingerprint density at radius 2 is 1.64 bits per heavy atom. The van der Waals surface area contributed by atoms with Crippen LogP contribution in [0.25, 0.3) is 0 Å². The van der Waals surface area contributed by atoms with Gasteiger partial charge in [0.05, 0.1) is 20.8 Å². The summed E-state index contributed by atoms with van der Waals surface area (Å²) in [7, 11) is 4.96. The molecule has 0 aromatic heterocycles. The van der Waals surface area contributed by atoms with Crippen molar-refractivity contribution >= 4 is 5.97 Å². The van der Waals surface area contributed by atoms with Crippen LogP contribution in [0.3, 0.4) is 0 Å². The molecule has 33 heavy (non-hydrogen) atoms. The standard InChI is InChI=1S/C26H29NO6/c1-27(18-26(28)29)15-14-23(19-8-5-4-6-9-19)32-22-12-13-24(25(17-22)31-3)33-21-11-7-10-20(16-21)30-2/h4-13,16-17,23H,14-15,18H2,1-3H3,(H,28,29).